The number of aliphatic hydroxyl groups excluding tert-OH is 1. The van der Waals surface area contributed by atoms with Gasteiger partial charge in [-0.15, -0.1) is 0 Å². The predicted octanol–water partition coefficient (Wildman–Crippen LogP) is 3.56. The second-order valence-corrected chi connectivity index (χ2v) is 4.53. The van der Waals surface area contributed by atoms with Gasteiger partial charge in [0.25, 0.3) is 0 Å². The van der Waals surface area contributed by atoms with Crippen molar-refractivity contribution in [2.45, 2.75) is 13.0 Å². The molecule has 2 nitrogen and oxygen atoms in total. The van der Waals surface area contributed by atoms with Crippen LogP contribution >= 0.6 is 0 Å². The molecule has 2 aromatic rings. The maximum atomic E-state index is 13.1. The number of rotatable bonds is 4. The summed E-state index contributed by atoms with van der Waals surface area (Å²) in [5.41, 5.74) is 1.40. The molecule has 0 saturated carbocycles. The van der Waals surface area contributed by atoms with Crippen LogP contribution in [0.25, 0.3) is 0 Å². The van der Waals surface area contributed by atoms with Crippen LogP contribution in [0, 0.1) is 24.4 Å². The van der Waals surface area contributed by atoms with Crippen LogP contribution in [0.15, 0.2) is 36.4 Å². The van der Waals surface area contributed by atoms with Gasteiger partial charge in [-0.1, -0.05) is 6.07 Å². The lowest BCUT2D eigenvalue weighted by molar-refractivity contribution is 0.191. The van der Waals surface area contributed by atoms with Gasteiger partial charge in [-0.05, 0) is 48.4 Å². The SMILES string of the molecule is Cc1cc(NCC(O)c2ccc(F)c(F)c2)ccc1F. The number of anilines is 1. The van der Waals surface area contributed by atoms with Gasteiger partial charge >= 0.3 is 0 Å². The Kier molecular flexibility index (Phi) is 4.29. The standard InChI is InChI=1S/C15H14F3NO/c1-9-6-11(3-5-12(9)16)19-8-15(20)10-2-4-13(17)14(18)7-10/h2-7,15,19-20H,8H2,1H3. The number of aliphatic hydroxyl groups is 1. The summed E-state index contributed by atoms with van der Waals surface area (Å²) in [6.07, 6.45) is -0.990. The van der Waals surface area contributed by atoms with Crippen molar-refractivity contribution in [1.82, 2.24) is 0 Å². The van der Waals surface area contributed by atoms with E-state index in [1.807, 2.05) is 0 Å². The smallest absolute Gasteiger partial charge is 0.159 e. The second-order valence-electron chi connectivity index (χ2n) is 4.53. The van der Waals surface area contributed by atoms with E-state index < -0.39 is 17.7 Å². The van der Waals surface area contributed by atoms with E-state index in [1.54, 1.807) is 19.1 Å². The first kappa shape index (κ1) is 14.4. The first-order valence-electron chi connectivity index (χ1n) is 6.10. The van der Waals surface area contributed by atoms with Crippen molar-refractivity contribution in [2.24, 2.45) is 0 Å². The summed E-state index contributed by atoms with van der Waals surface area (Å²) < 4.78 is 38.9. The van der Waals surface area contributed by atoms with Crippen molar-refractivity contribution < 1.29 is 18.3 Å². The molecule has 106 valence electrons. The van der Waals surface area contributed by atoms with E-state index in [1.165, 1.54) is 12.1 Å². The summed E-state index contributed by atoms with van der Waals surface area (Å²) in [7, 11) is 0. The van der Waals surface area contributed by atoms with Crippen molar-refractivity contribution in [3.05, 3.63) is 65.0 Å². The average molecular weight is 281 g/mol. The number of benzene rings is 2. The van der Waals surface area contributed by atoms with Gasteiger partial charge in [-0.25, -0.2) is 13.2 Å². The highest BCUT2D eigenvalue weighted by molar-refractivity contribution is 5.46. The Morgan fingerprint density at radius 1 is 1.00 bits per heavy atom. The molecule has 0 radical (unpaired) electrons. The fourth-order valence-corrected chi connectivity index (χ4v) is 1.81. The van der Waals surface area contributed by atoms with Crippen LogP contribution in [-0.4, -0.2) is 11.7 Å². The molecule has 0 fully saturated rings. The quantitative estimate of drug-likeness (QED) is 0.898. The van der Waals surface area contributed by atoms with Crippen LogP contribution in [0.2, 0.25) is 0 Å². The highest BCUT2D eigenvalue weighted by Crippen LogP contribution is 2.18. The van der Waals surface area contributed by atoms with E-state index in [4.69, 9.17) is 0 Å². The summed E-state index contributed by atoms with van der Waals surface area (Å²) in [5.74, 6) is -2.26. The topological polar surface area (TPSA) is 32.3 Å². The van der Waals surface area contributed by atoms with Crippen LogP contribution in [0.4, 0.5) is 18.9 Å². The molecule has 0 amide bonds. The van der Waals surface area contributed by atoms with Gasteiger partial charge in [0.2, 0.25) is 0 Å². The lowest BCUT2D eigenvalue weighted by Gasteiger charge is -2.14. The van der Waals surface area contributed by atoms with Crippen molar-refractivity contribution in [3.8, 4) is 0 Å². The van der Waals surface area contributed by atoms with Gasteiger partial charge in [-0.3, -0.25) is 0 Å². The number of nitrogens with one attached hydrogen (secondary N) is 1. The van der Waals surface area contributed by atoms with Crippen molar-refractivity contribution in [3.63, 3.8) is 0 Å². The van der Waals surface area contributed by atoms with Crippen molar-refractivity contribution in [2.75, 3.05) is 11.9 Å². The molecule has 0 spiro atoms. The van der Waals surface area contributed by atoms with Gasteiger partial charge in [-0.2, -0.15) is 0 Å². The van der Waals surface area contributed by atoms with Gasteiger partial charge in [0.1, 0.15) is 5.82 Å². The van der Waals surface area contributed by atoms with Crippen LogP contribution in [0.3, 0.4) is 0 Å². The highest BCUT2D eigenvalue weighted by Gasteiger charge is 2.11. The first-order valence-corrected chi connectivity index (χ1v) is 6.10. The first-order chi connectivity index (χ1) is 9.47. The molecule has 0 aliphatic heterocycles. The molecule has 2 aromatic carbocycles. The zero-order valence-corrected chi connectivity index (χ0v) is 10.8. The van der Waals surface area contributed by atoms with E-state index in [-0.39, 0.29) is 17.9 Å². The molecule has 1 atom stereocenters. The molecule has 0 aliphatic carbocycles. The fourth-order valence-electron chi connectivity index (χ4n) is 1.81. The lowest BCUT2D eigenvalue weighted by atomic mass is 10.1. The van der Waals surface area contributed by atoms with Crippen LogP contribution in [0.1, 0.15) is 17.2 Å². The maximum Gasteiger partial charge on any atom is 0.159 e. The molecule has 0 aliphatic rings. The normalized spacial score (nSPS) is 12.2. The zero-order valence-electron chi connectivity index (χ0n) is 10.8. The monoisotopic (exact) mass is 281 g/mol. The highest BCUT2D eigenvalue weighted by atomic mass is 19.2. The summed E-state index contributed by atoms with van der Waals surface area (Å²) in [6.45, 7) is 1.74. The number of aryl methyl sites for hydroxylation is 1. The molecular weight excluding hydrogens is 267 g/mol. The molecular formula is C15H14F3NO. The summed E-state index contributed by atoms with van der Waals surface area (Å²) in [5, 5.41) is 12.8. The number of hydrogen-bond acceptors (Lipinski definition) is 2. The summed E-state index contributed by atoms with van der Waals surface area (Å²) in [4.78, 5) is 0. The molecule has 5 heteroatoms. The van der Waals surface area contributed by atoms with Crippen molar-refractivity contribution >= 4 is 5.69 Å². The molecule has 20 heavy (non-hydrogen) atoms. The second kappa shape index (κ2) is 5.96. The van der Waals surface area contributed by atoms with Crippen LogP contribution in [-0.2, 0) is 0 Å². The lowest BCUT2D eigenvalue weighted by Crippen LogP contribution is -2.12. The molecule has 0 aromatic heterocycles. The largest absolute Gasteiger partial charge is 0.387 e. The molecule has 1 unspecified atom stereocenters. The van der Waals surface area contributed by atoms with E-state index in [0.29, 0.717) is 11.3 Å². The minimum atomic E-state index is -1.00. The van der Waals surface area contributed by atoms with Gasteiger partial charge < -0.3 is 10.4 Å². The third-order valence-electron chi connectivity index (χ3n) is 2.99. The Labute approximate surface area is 114 Å². The van der Waals surface area contributed by atoms with Gasteiger partial charge in [0, 0.05) is 12.2 Å². The minimum absolute atomic E-state index is 0.107. The summed E-state index contributed by atoms with van der Waals surface area (Å²) >= 11 is 0. The van der Waals surface area contributed by atoms with E-state index >= 15 is 0 Å². The Morgan fingerprint density at radius 3 is 2.35 bits per heavy atom. The zero-order chi connectivity index (χ0) is 14.7. The van der Waals surface area contributed by atoms with E-state index in [2.05, 4.69) is 5.32 Å². The Morgan fingerprint density at radius 2 is 1.70 bits per heavy atom. The molecule has 2 N–H and O–H groups in total. The Bertz CT molecular complexity index is 616. The molecule has 0 saturated heterocycles. The molecule has 0 bridgehead atoms. The third-order valence-corrected chi connectivity index (χ3v) is 2.99. The molecule has 2 rings (SSSR count). The maximum absolute atomic E-state index is 13.1. The van der Waals surface area contributed by atoms with Gasteiger partial charge in [0.15, 0.2) is 11.6 Å². The number of hydrogen-bond donors (Lipinski definition) is 2. The van der Waals surface area contributed by atoms with Crippen LogP contribution < -0.4 is 5.32 Å². The number of halogens is 3. The van der Waals surface area contributed by atoms with Crippen molar-refractivity contribution in [1.29, 1.82) is 0 Å². The predicted molar refractivity (Wildman–Crippen MR) is 70.9 cm³/mol. The average Bonchev–Trinajstić information content (AvgIpc) is 2.43. The third kappa shape index (κ3) is 3.30. The summed E-state index contributed by atoms with van der Waals surface area (Å²) in [6, 6.07) is 7.71. The molecule has 0 heterocycles. The van der Waals surface area contributed by atoms with E-state index in [9.17, 15) is 18.3 Å². The fraction of sp³-hybridized carbons (Fsp3) is 0.200. The minimum Gasteiger partial charge on any atom is -0.387 e. The Balaban J connectivity index is 2.02. The van der Waals surface area contributed by atoms with Gasteiger partial charge in [0.05, 0.1) is 6.10 Å². The van der Waals surface area contributed by atoms with E-state index in [0.717, 1.165) is 12.1 Å². The Hall–Kier alpha value is -2.01. The van der Waals surface area contributed by atoms with Crippen LogP contribution in [0.5, 0.6) is 0 Å².